The van der Waals surface area contributed by atoms with Crippen molar-refractivity contribution in [2.75, 3.05) is 24.6 Å². The predicted molar refractivity (Wildman–Crippen MR) is 68.3 cm³/mol. The molecule has 2 rings (SSSR count). The van der Waals surface area contributed by atoms with Crippen LogP contribution in [0.2, 0.25) is 0 Å². The third kappa shape index (κ3) is 2.91. The normalized spacial score (nSPS) is 15.4. The number of ether oxygens (including phenoxy) is 1. The molecular formula is C14H21NO. The number of unbranched alkanes of at least 4 members (excludes halogenated alkanes) is 1. The smallest absolute Gasteiger partial charge is 0.121 e. The van der Waals surface area contributed by atoms with Gasteiger partial charge in [-0.15, -0.1) is 0 Å². The van der Waals surface area contributed by atoms with Gasteiger partial charge in [0.15, 0.2) is 0 Å². The molecule has 0 amide bonds. The molecule has 1 aliphatic heterocycles. The highest BCUT2D eigenvalue weighted by Gasteiger charge is 2.12. The van der Waals surface area contributed by atoms with Gasteiger partial charge in [-0.05, 0) is 31.4 Å². The molecule has 0 aliphatic carbocycles. The Labute approximate surface area is 98.2 Å². The molecule has 1 aromatic carbocycles. The molecule has 0 spiro atoms. The predicted octanol–water partition coefficient (Wildman–Crippen LogP) is 3.47. The summed E-state index contributed by atoms with van der Waals surface area (Å²) in [5.74, 6) is 1.01. The maximum atomic E-state index is 5.72. The van der Waals surface area contributed by atoms with Crippen LogP contribution in [-0.4, -0.2) is 19.7 Å². The molecule has 2 nitrogen and oxygen atoms in total. The van der Waals surface area contributed by atoms with Crippen molar-refractivity contribution in [3.63, 3.8) is 0 Å². The highest BCUT2D eigenvalue weighted by Crippen LogP contribution is 2.24. The quantitative estimate of drug-likeness (QED) is 0.703. The van der Waals surface area contributed by atoms with Gasteiger partial charge >= 0.3 is 0 Å². The summed E-state index contributed by atoms with van der Waals surface area (Å²) < 4.78 is 5.72. The van der Waals surface area contributed by atoms with Gasteiger partial charge in [-0.25, -0.2) is 0 Å². The summed E-state index contributed by atoms with van der Waals surface area (Å²) in [7, 11) is 0. The number of anilines is 1. The lowest BCUT2D eigenvalue weighted by Crippen LogP contribution is -2.17. The number of hydrogen-bond acceptors (Lipinski definition) is 2. The minimum atomic E-state index is 0.833. The SMILES string of the molecule is CCCCOc1cccc(N2CCCC2)c1. The van der Waals surface area contributed by atoms with E-state index in [2.05, 4.69) is 36.1 Å². The molecular weight excluding hydrogens is 198 g/mol. The van der Waals surface area contributed by atoms with E-state index in [1.54, 1.807) is 0 Å². The van der Waals surface area contributed by atoms with Crippen molar-refractivity contribution in [3.05, 3.63) is 24.3 Å². The van der Waals surface area contributed by atoms with Crippen molar-refractivity contribution >= 4 is 5.69 Å². The van der Waals surface area contributed by atoms with E-state index in [1.165, 1.54) is 38.0 Å². The zero-order valence-electron chi connectivity index (χ0n) is 10.1. The molecule has 1 fully saturated rings. The first-order valence-electron chi connectivity index (χ1n) is 6.38. The second-order valence-electron chi connectivity index (χ2n) is 4.39. The van der Waals surface area contributed by atoms with Crippen LogP contribution in [0, 0.1) is 0 Å². The highest BCUT2D eigenvalue weighted by molar-refractivity contribution is 5.51. The molecule has 16 heavy (non-hydrogen) atoms. The van der Waals surface area contributed by atoms with Crippen LogP contribution in [0.4, 0.5) is 5.69 Å². The van der Waals surface area contributed by atoms with Crippen LogP contribution in [0.3, 0.4) is 0 Å². The molecule has 1 aliphatic rings. The molecule has 0 bridgehead atoms. The summed E-state index contributed by atoms with van der Waals surface area (Å²) in [6.45, 7) is 5.40. The van der Waals surface area contributed by atoms with Gasteiger partial charge in [0.1, 0.15) is 5.75 Å². The number of nitrogens with zero attached hydrogens (tertiary/aromatic N) is 1. The van der Waals surface area contributed by atoms with E-state index in [-0.39, 0.29) is 0 Å². The lowest BCUT2D eigenvalue weighted by atomic mass is 10.3. The zero-order valence-corrected chi connectivity index (χ0v) is 10.1. The van der Waals surface area contributed by atoms with Crippen LogP contribution in [0.5, 0.6) is 5.75 Å². The lowest BCUT2D eigenvalue weighted by Gasteiger charge is -2.18. The van der Waals surface area contributed by atoms with Gasteiger partial charge in [0.05, 0.1) is 6.61 Å². The van der Waals surface area contributed by atoms with Crippen molar-refractivity contribution in [2.45, 2.75) is 32.6 Å². The minimum Gasteiger partial charge on any atom is -0.494 e. The Bertz CT molecular complexity index is 318. The number of benzene rings is 1. The summed E-state index contributed by atoms with van der Waals surface area (Å²) in [6.07, 6.45) is 4.96. The van der Waals surface area contributed by atoms with Crippen LogP contribution in [0.15, 0.2) is 24.3 Å². The third-order valence-electron chi connectivity index (χ3n) is 3.06. The zero-order chi connectivity index (χ0) is 11.2. The first kappa shape index (κ1) is 11.3. The van der Waals surface area contributed by atoms with Crippen LogP contribution in [-0.2, 0) is 0 Å². The highest BCUT2D eigenvalue weighted by atomic mass is 16.5. The molecule has 1 saturated heterocycles. The van der Waals surface area contributed by atoms with E-state index in [0.29, 0.717) is 0 Å². The van der Waals surface area contributed by atoms with Gasteiger partial charge in [-0.2, -0.15) is 0 Å². The molecule has 0 atom stereocenters. The molecule has 2 heteroatoms. The number of hydrogen-bond donors (Lipinski definition) is 0. The van der Waals surface area contributed by atoms with Crippen LogP contribution in [0.25, 0.3) is 0 Å². The Morgan fingerprint density at radius 3 is 2.81 bits per heavy atom. The average Bonchev–Trinajstić information content (AvgIpc) is 2.83. The summed E-state index contributed by atoms with van der Waals surface area (Å²) in [6, 6.07) is 8.49. The van der Waals surface area contributed by atoms with E-state index in [4.69, 9.17) is 4.74 Å². The van der Waals surface area contributed by atoms with Crippen molar-refractivity contribution in [1.29, 1.82) is 0 Å². The first-order chi connectivity index (χ1) is 7.90. The van der Waals surface area contributed by atoms with E-state index >= 15 is 0 Å². The van der Waals surface area contributed by atoms with Crippen molar-refractivity contribution in [1.82, 2.24) is 0 Å². The fourth-order valence-corrected chi connectivity index (χ4v) is 2.08. The Hall–Kier alpha value is -1.18. The van der Waals surface area contributed by atoms with E-state index in [1.807, 2.05) is 0 Å². The van der Waals surface area contributed by atoms with Gasteiger partial charge < -0.3 is 9.64 Å². The van der Waals surface area contributed by atoms with E-state index in [9.17, 15) is 0 Å². The van der Waals surface area contributed by atoms with Crippen molar-refractivity contribution in [2.24, 2.45) is 0 Å². The summed E-state index contributed by atoms with van der Waals surface area (Å²) in [5, 5.41) is 0. The maximum absolute atomic E-state index is 5.72. The Balaban J connectivity index is 1.95. The van der Waals surface area contributed by atoms with Crippen molar-refractivity contribution < 1.29 is 4.74 Å². The molecule has 0 aromatic heterocycles. The first-order valence-corrected chi connectivity index (χ1v) is 6.38. The van der Waals surface area contributed by atoms with E-state index < -0.39 is 0 Å². The summed E-state index contributed by atoms with van der Waals surface area (Å²) in [4.78, 5) is 2.44. The second-order valence-corrected chi connectivity index (χ2v) is 4.39. The van der Waals surface area contributed by atoms with Gasteiger partial charge in [-0.1, -0.05) is 19.4 Å². The topological polar surface area (TPSA) is 12.5 Å². The largest absolute Gasteiger partial charge is 0.494 e. The fourth-order valence-electron chi connectivity index (χ4n) is 2.08. The molecule has 0 N–H and O–H groups in total. The second kappa shape index (κ2) is 5.78. The Kier molecular flexibility index (Phi) is 4.09. The molecule has 88 valence electrons. The van der Waals surface area contributed by atoms with Crippen LogP contribution >= 0.6 is 0 Å². The monoisotopic (exact) mass is 219 g/mol. The van der Waals surface area contributed by atoms with E-state index in [0.717, 1.165) is 18.8 Å². The third-order valence-corrected chi connectivity index (χ3v) is 3.06. The molecule has 1 aromatic rings. The fraction of sp³-hybridized carbons (Fsp3) is 0.571. The number of rotatable bonds is 5. The minimum absolute atomic E-state index is 0.833. The Morgan fingerprint density at radius 2 is 2.06 bits per heavy atom. The van der Waals surface area contributed by atoms with Gasteiger partial charge in [0.2, 0.25) is 0 Å². The van der Waals surface area contributed by atoms with Crippen LogP contribution < -0.4 is 9.64 Å². The molecule has 1 heterocycles. The molecule has 0 radical (unpaired) electrons. The average molecular weight is 219 g/mol. The molecule has 0 unspecified atom stereocenters. The molecule has 0 saturated carbocycles. The van der Waals surface area contributed by atoms with Crippen molar-refractivity contribution in [3.8, 4) is 5.75 Å². The van der Waals surface area contributed by atoms with Gasteiger partial charge in [0.25, 0.3) is 0 Å². The Morgan fingerprint density at radius 1 is 1.25 bits per heavy atom. The van der Waals surface area contributed by atoms with Crippen LogP contribution in [0.1, 0.15) is 32.6 Å². The van der Waals surface area contributed by atoms with Gasteiger partial charge in [-0.3, -0.25) is 0 Å². The lowest BCUT2D eigenvalue weighted by molar-refractivity contribution is 0.309. The maximum Gasteiger partial charge on any atom is 0.121 e. The summed E-state index contributed by atoms with van der Waals surface area (Å²) >= 11 is 0. The summed E-state index contributed by atoms with van der Waals surface area (Å²) in [5.41, 5.74) is 1.31. The standard InChI is InChI=1S/C14H21NO/c1-2-3-11-16-14-8-6-7-13(12-14)15-9-4-5-10-15/h6-8,12H,2-5,9-11H2,1H3. The van der Waals surface area contributed by atoms with Gasteiger partial charge in [0, 0.05) is 24.8 Å².